The molecule has 0 bridgehead atoms. The molecule has 0 saturated heterocycles. The number of nitrogens with one attached hydrogen (secondary N) is 2. The zero-order valence-corrected chi connectivity index (χ0v) is 11.4. The van der Waals surface area contributed by atoms with Gasteiger partial charge in [-0.25, -0.2) is 4.98 Å². The normalized spacial score (nSPS) is 10.4. The number of carbonyl (C=O) groups excluding carboxylic acids is 1. The topological polar surface area (TPSA) is 79.9 Å². The SMILES string of the molecule is Cc1nc(C(=O)NCCCOCc2ccccc2)n[nH]1. The Morgan fingerprint density at radius 3 is 2.85 bits per heavy atom. The molecule has 1 aromatic heterocycles. The van der Waals surface area contributed by atoms with Crippen LogP contribution in [0.2, 0.25) is 0 Å². The van der Waals surface area contributed by atoms with E-state index in [4.69, 9.17) is 4.74 Å². The van der Waals surface area contributed by atoms with Gasteiger partial charge in [0.05, 0.1) is 6.61 Å². The minimum absolute atomic E-state index is 0.174. The van der Waals surface area contributed by atoms with Gasteiger partial charge in [-0.1, -0.05) is 30.3 Å². The van der Waals surface area contributed by atoms with Crippen LogP contribution in [0.5, 0.6) is 0 Å². The fourth-order valence-electron chi connectivity index (χ4n) is 1.66. The Bertz CT molecular complexity index is 539. The molecule has 0 radical (unpaired) electrons. The highest BCUT2D eigenvalue weighted by Gasteiger charge is 2.09. The number of H-pyrrole nitrogens is 1. The number of benzene rings is 1. The molecule has 0 spiro atoms. The van der Waals surface area contributed by atoms with E-state index in [0.717, 1.165) is 12.0 Å². The monoisotopic (exact) mass is 274 g/mol. The van der Waals surface area contributed by atoms with Gasteiger partial charge in [-0.15, -0.1) is 5.10 Å². The number of nitrogens with zero attached hydrogens (tertiary/aromatic N) is 2. The third-order valence-corrected chi connectivity index (χ3v) is 2.66. The van der Waals surface area contributed by atoms with E-state index in [9.17, 15) is 4.79 Å². The van der Waals surface area contributed by atoms with E-state index in [-0.39, 0.29) is 11.7 Å². The molecule has 20 heavy (non-hydrogen) atoms. The average molecular weight is 274 g/mol. The number of aryl methyl sites for hydroxylation is 1. The predicted molar refractivity (Wildman–Crippen MR) is 74.2 cm³/mol. The van der Waals surface area contributed by atoms with Crippen molar-refractivity contribution in [1.82, 2.24) is 20.5 Å². The Kier molecular flexibility index (Phi) is 5.25. The Morgan fingerprint density at radius 1 is 1.35 bits per heavy atom. The number of amides is 1. The largest absolute Gasteiger partial charge is 0.377 e. The maximum Gasteiger partial charge on any atom is 0.290 e. The highest BCUT2D eigenvalue weighted by molar-refractivity contribution is 5.90. The molecular formula is C14H18N4O2. The van der Waals surface area contributed by atoms with Gasteiger partial charge in [0.15, 0.2) is 0 Å². The average Bonchev–Trinajstić information content (AvgIpc) is 2.90. The van der Waals surface area contributed by atoms with Crippen molar-refractivity contribution in [3.63, 3.8) is 0 Å². The Morgan fingerprint density at radius 2 is 2.15 bits per heavy atom. The molecule has 2 aromatic rings. The summed E-state index contributed by atoms with van der Waals surface area (Å²) in [6.07, 6.45) is 0.752. The lowest BCUT2D eigenvalue weighted by molar-refractivity contribution is 0.0925. The molecule has 0 unspecified atom stereocenters. The minimum Gasteiger partial charge on any atom is -0.377 e. The van der Waals surface area contributed by atoms with Crippen LogP contribution in [0.3, 0.4) is 0 Å². The first-order valence-corrected chi connectivity index (χ1v) is 6.54. The van der Waals surface area contributed by atoms with Crippen LogP contribution in [0.25, 0.3) is 0 Å². The summed E-state index contributed by atoms with van der Waals surface area (Å²) in [5.41, 5.74) is 1.15. The van der Waals surface area contributed by atoms with Gasteiger partial charge < -0.3 is 10.1 Å². The van der Waals surface area contributed by atoms with Crippen molar-refractivity contribution in [1.29, 1.82) is 0 Å². The van der Waals surface area contributed by atoms with E-state index in [0.29, 0.717) is 25.6 Å². The van der Waals surface area contributed by atoms with Gasteiger partial charge >= 0.3 is 0 Å². The van der Waals surface area contributed by atoms with Crippen molar-refractivity contribution in [3.8, 4) is 0 Å². The van der Waals surface area contributed by atoms with Crippen LogP contribution in [0.1, 0.15) is 28.4 Å². The highest BCUT2D eigenvalue weighted by Crippen LogP contribution is 2.00. The van der Waals surface area contributed by atoms with Crippen molar-refractivity contribution in [3.05, 3.63) is 47.5 Å². The van der Waals surface area contributed by atoms with Crippen molar-refractivity contribution in [2.45, 2.75) is 20.0 Å². The molecule has 0 aliphatic heterocycles. The van der Waals surface area contributed by atoms with E-state index in [1.807, 2.05) is 30.3 Å². The quantitative estimate of drug-likeness (QED) is 0.749. The molecule has 1 aromatic carbocycles. The summed E-state index contributed by atoms with van der Waals surface area (Å²) >= 11 is 0. The molecule has 0 atom stereocenters. The summed E-state index contributed by atoms with van der Waals surface area (Å²) in [6, 6.07) is 9.99. The van der Waals surface area contributed by atoms with Gasteiger partial charge in [-0.3, -0.25) is 9.89 Å². The van der Waals surface area contributed by atoms with Crippen LogP contribution >= 0.6 is 0 Å². The molecule has 2 N–H and O–H groups in total. The number of aromatic nitrogens is 3. The number of hydrogen-bond donors (Lipinski definition) is 2. The highest BCUT2D eigenvalue weighted by atomic mass is 16.5. The van der Waals surface area contributed by atoms with Gasteiger partial charge in [0, 0.05) is 13.2 Å². The van der Waals surface area contributed by atoms with Crippen LogP contribution < -0.4 is 5.32 Å². The zero-order valence-electron chi connectivity index (χ0n) is 11.4. The molecule has 0 aliphatic carbocycles. The number of carbonyl (C=O) groups is 1. The van der Waals surface area contributed by atoms with Crippen molar-refractivity contribution < 1.29 is 9.53 Å². The molecular weight excluding hydrogens is 256 g/mol. The second kappa shape index (κ2) is 7.40. The Balaban J connectivity index is 1.57. The number of aromatic amines is 1. The second-order valence-electron chi connectivity index (χ2n) is 4.39. The Hall–Kier alpha value is -2.21. The van der Waals surface area contributed by atoms with Gasteiger partial charge in [-0.05, 0) is 18.9 Å². The van der Waals surface area contributed by atoms with E-state index < -0.39 is 0 Å². The lowest BCUT2D eigenvalue weighted by Crippen LogP contribution is -2.26. The standard InChI is InChI=1S/C14H18N4O2/c1-11-16-13(18-17-11)14(19)15-8-5-9-20-10-12-6-3-2-4-7-12/h2-4,6-7H,5,8-10H2,1H3,(H,15,19)(H,16,17,18). The smallest absolute Gasteiger partial charge is 0.290 e. The third-order valence-electron chi connectivity index (χ3n) is 2.66. The lowest BCUT2D eigenvalue weighted by Gasteiger charge is -2.05. The van der Waals surface area contributed by atoms with Crippen LogP contribution in [-0.4, -0.2) is 34.2 Å². The minimum atomic E-state index is -0.266. The second-order valence-corrected chi connectivity index (χ2v) is 4.39. The van der Waals surface area contributed by atoms with E-state index in [1.54, 1.807) is 6.92 Å². The summed E-state index contributed by atoms with van der Waals surface area (Å²) in [4.78, 5) is 15.6. The fraction of sp³-hybridized carbons (Fsp3) is 0.357. The summed E-state index contributed by atoms with van der Waals surface area (Å²) < 4.78 is 5.52. The summed E-state index contributed by atoms with van der Waals surface area (Å²) in [6.45, 7) is 3.49. The molecule has 1 heterocycles. The van der Waals surface area contributed by atoms with E-state index >= 15 is 0 Å². The molecule has 0 fully saturated rings. The number of ether oxygens (including phenoxy) is 1. The molecule has 0 aliphatic rings. The maximum atomic E-state index is 11.6. The van der Waals surface area contributed by atoms with Crippen molar-refractivity contribution >= 4 is 5.91 Å². The molecule has 0 saturated carbocycles. The summed E-state index contributed by atoms with van der Waals surface area (Å²) in [7, 11) is 0. The zero-order chi connectivity index (χ0) is 14.2. The van der Waals surface area contributed by atoms with Crippen molar-refractivity contribution in [2.75, 3.05) is 13.2 Å². The fourth-order valence-corrected chi connectivity index (χ4v) is 1.66. The van der Waals surface area contributed by atoms with E-state index in [1.165, 1.54) is 0 Å². The molecule has 6 heteroatoms. The first-order chi connectivity index (χ1) is 9.75. The molecule has 6 nitrogen and oxygen atoms in total. The molecule has 106 valence electrons. The predicted octanol–water partition coefficient (Wildman–Crippen LogP) is 1.45. The van der Waals surface area contributed by atoms with Gasteiger partial charge in [0.1, 0.15) is 5.82 Å². The van der Waals surface area contributed by atoms with Gasteiger partial charge in [-0.2, -0.15) is 0 Å². The maximum absolute atomic E-state index is 11.6. The van der Waals surface area contributed by atoms with Crippen LogP contribution in [0.15, 0.2) is 30.3 Å². The summed E-state index contributed by atoms with van der Waals surface area (Å²) in [5.74, 6) is 0.534. The van der Waals surface area contributed by atoms with Crippen molar-refractivity contribution in [2.24, 2.45) is 0 Å². The molecule has 2 rings (SSSR count). The number of rotatable bonds is 7. The first kappa shape index (κ1) is 14.2. The third kappa shape index (κ3) is 4.47. The lowest BCUT2D eigenvalue weighted by atomic mass is 10.2. The van der Waals surface area contributed by atoms with Gasteiger partial charge in [0.2, 0.25) is 5.82 Å². The Labute approximate surface area is 117 Å². The van der Waals surface area contributed by atoms with Gasteiger partial charge in [0.25, 0.3) is 5.91 Å². The van der Waals surface area contributed by atoms with Crippen LogP contribution in [0.4, 0.5) is 0 Å². The number of hydrogen-bond acceptors (Lipinski definition) is 4. The summed E-state index contributed by atoms with van der Waals surface area (Å²) in [5, 5.41) is 9.17. The van der Waals surface area contributed by atoms with E-state index in [2.05, 4.69) is 20.5 Å². The van der Waals surface area contributed by atoms with Crippen LogP contribution in [-0.2, 0) is 11.3 Å². The first-order valence-electron chi connectivity index (χ1n) is 6.54. The molecule has 1 amide bonds. The van der Waals surface area contributed by atoms with Crippen LogP contribution in [0, 0.1) is 6.92 Å².